The molecule has 0 aromatic heterocycles. The molecule has 1 atom stereocenters. The first-order chi connectivity index (χ1) is 17.4. The molecule has 36 heavy (non-hydrogen) atoms. The standard InChI is InChI=1S/C28H26N2O6/c1-18-3-5-19(6-4-18)16-29-24-15-26(32)30(27(24)33)22-11-7-21(8-12-22)28(34)36-17-25(31)20-9-13-23(35-2)14-10-20/h3-14,24,29H,15-17H2,1-2H3. The van der Waals surface area contributed by atoms with Gasteiger partial charge in [0, 0.05) is 12.1 Å². The highest BCUT2D eigenvalue weighted by molar-refractivity contribution is 6.22. The maximum Gasteiger partial charge on any atom is 0.338 e. The van der Waals surface area contributed by atoms with Crippen molar-refractivity contribution in [3.8, 4) is 5.75 Å². The van der Waals surface area contributed by atoms with Crippen LogP contribution < -0.4 is 15.0 Å². The van der Waals surface area contributed by atoms with Gasteiger partial charge in [-0.2, -0.15) is 0 Å². The first-order valence-corrected chi connectivity index (χ1v) is 11.5. The third-order valence-corrected chi connectivity index (χ3v) is 5.93. The van der Waals surface area contributed by atoms with Crippen LogP contribution in [0.25, 0.3) is 0 Å². The number of nitrogens with one attached hydrogen (secondary N) is 1. The van der Waals surface area contributed by atoms with Crippen LogP contribution in [-0.2, 0) is 20.9 Å². The molecule has 0 spiro atoms. The lowest BCUT2D eigenvalue weighted by atomic mass is 10.1. The number of Topliss-reactive ketones (excluding diaryl/α,β-unsaturated/α-hetero) is 1. The molecule has 184 valence electrons. The number of anilines is 1. The van der Waals surface area contributed by atoms with Crippen molar-refractivity contribution in [2.45, 2.75) is 25.9 Å². The molecule has 0 aliphatic carbocycles. The molecule has 3 aromatic carbocycles. The highest BCUT2D eigenvalue weighted by Crippen LogP contribution is 2.24. The number of ether oxygens (including phenoxy) is 2. The average molecular weight is 487 g/mol. The number of carbonyl (C=O) groups is 4. The number of hydrogen-bond acceptors (Lipinski definition) is 7. The van der Waals surface area contributed by atoms with Crippen molar-refractivity contribution in [3.63, 3.8) is 0 Å². The summed E-state index contributed by atoms with van der Waals surface area (Å²) in [6.45, 7) is 2.06. The summed E-state index contributed by atoms with van der Waals surface area (Å²) in [6.07, 6.45) is 0.0575. The van der Waals surface area contributed by atoms with E-state index in [1.807, 2.05) is 31.2 Å². The quantitative estimate of drug-likeness (QED) is 0.281. The van der Waals surface area contributed by atoms with Gasteiger partial charge in [-0.1, -0.05) is 29.8 Å². The topological polar surface area (TPSA) is 102 Å². The van der Waals surface area contributed by atoms with Crippen molar-refractivity contribution in [1.29, 1.82) is 0 Å². The molecule has 1 aliphatic rings. The number of esters is 1. The summed E-state index contributed by atoms with van der Waals surface area (Å²) in [5.41, 5.74) is 3.14. The molecule has 3 aromatic rings. The Bertz CT molecular complexity index is 1270. The number of nitrogens with zero attached hydrogens (tertiary/aromatic N) is 1. The Morgan fingerprint density at radius 2 is 1.56 bits per heavy atom. The zero-order valence-electron chi connectivity index (χ0n) is 20.0. The van der Waals surface area contributed by atoms with Crippen LogP contribution in [-0.4, -0.2) is 43.3 Å². The first-order valence-electron chi connectivity index (χ1n) is 11.5. The van der Waals surface area contributed by atoms with Gasteiger partial charge in [0.25, 0.3) is 5.91 Å². The molecule has 1 heterocycles. The Labute approximate surface area is 208 Å². The van der Waals surface area contributed by atoms with Crippen molar-refractivity contribution in [1.82, 2.24) is 5.32 Å². The fraction of sp³-hybridized carbons (Fsp3) is 0.214. The molecule has 1 unspecified atom stereocenters. The number of imide groups is 1. The van der Waals surface area contributed by atoms with E-state index in [1.165, 1.54) is 31.4 Å². The Morgan fingerprint density at radius 3 is 2.19 bits per heavy atom. The number of benzene rings is 3. The van der Waals surface area contributed by atoms with E-state index in [0.29, 0.717) is 23.5 Å². The Kier molecular flexibility index (Phi) is 7.56. The lowest BCUT2D eigenvalue weighted by molar-refractivity contribution is -0.121. The van der Waals surface area contributed by atoms with E-state index in [0.717, 1.165) is 16.0 Å². The fourth-order valence-corrected chi connectivity index (χ4v) is 3.83. The van der Waals surface area contributed by atoms with Crippen molar-refractivity contribution < 1.29 is 28.7 Å². The van der Waals surface area contributed by atoms with Crippen LogP contribution in [0.15, 0.2) is 72.8 Å². The van der Waals surface area contributed by atoms with E-state index in [-0.39, 0.29) is 29.6 Å². The largest absolute Gasteiger partial charge is 0.497 e. The van der Waals surface area contributed by atoms with Crippen molar-refractivity contribution >= 4 is 29.3 Å². The van der Waals surface area contributed by atoms with Crippen LogP contribution in [0.5, 0.6) is 5.75 Å². The summed E-state index contributed by atoms with van der Waals surface area (Å²) < 4.78 is 10.2. The molecule has 0 bridgehead atoms. The monoisotopic (exact) mass is 486 g/mol. The molecule has 4 rings (SSSR count). The summed E-state index contributed by atoms with van der Waals surface area (Å²) in [5, 5.41) is 3.15. The smallest absolute Gasteiger partial charge is 0.338 e. The molecule has 0 saturated carbocycles. The number of carbonyl (C=O) groups excluding carboxylic acids is 4. The maximum absolute atomic E-state index is 12.9. The van der Waals surface area contributed by atoms with Gasteiger partial charge in [-0.15, -0.1) is 0 Å². The van der Waals surface area contributed by atoms with Crippen LogP contribution >= 0.6 is 0 Å². The average Bonchev–Trinajstić information content (AvgIpc) is 3.19. The Balaban J connectivity index is 1.33. The second-order valence-corrected chi connectivity index (χ2v) is 8.47. The minimum atomic E-state index is -0.680. The molecule has 2 amide bonds. The SMILES string of the molecule is COc1ccc(C(=O)COC(=O)c2ccc(N3C(=O)CC(NCc4ccc(C)cc4)C3=O)cc2)cc1. The van der Waals surface area contributed by atoms with Gasteiger partial charge in [0.15, 0.2) is 12.4 Å². The van der Waals surface area contributed by atoms with Gasteiger partial charge < -0.3 is 14.8 Å². The predicted octanol–water partition coefficient (Wildman–Crippen LogP) is 3.47. The predicted molar refractivity (Wildman–Crippen MR) is 133 cm³/mol. The van der Waals surface area contributed by atoms with Gasteiger partial charge in [-0.25, -0.2) is 9.69 Å². The normalized spacial score (nSPS) is 15.2. The van der Waals surface area contributed by atoms with E-state index >= 15 is 0 Å². The minimum Gasteiger partial charge on any atom is -0.497 e. The molecular weight excluding hydrogens is 460 g/mol. The van der Waals surface area contributed by atoms with Crippen LogP contribution in [0.4, 0.5) is 5.69 Å². The van der Waals surface area contributed by atoms with Crippen molar-refractivity contribution in [2.75, 3.05) is 18.6 Å². The van der Waals surface area contributed by atoms with Crippen molar-refractivity contribution in [2.24, 2.45) is 0 Å². The van der Waals surface area contributed by atoms with E-state index in [4.69, 9.17) is 9.47 Å². The molecular formula is C28H26N2O6. The molecule has 8 nitrogen and oxygen atoms in total. The van der Waals surface area contributed by atoms with Crippen molar-refractivity contribution in [3.05, 3.63) is 95.1 Å². The Hall–Kier alpha value is -4.30. The van der Waals surface area contributed by atoms with Crippen LogP contribution in [0.2, 0.25) is 0 Å². The number of amides is 2. The van der Waals surface area contributed by atoms with Crippen LogP contribution in [0.3, 0.4) is 0 Å². The molecule has 1 N–H and O–H groups in total. The molecule has 0 radical (unpaired) electrons. The van der Waals surface area contributed by atoms with Gasteiger partial charge >= 0.3 is 5.97 Å². The van der Waals surface area contributed by atoms with Gasteiger partial charge in [-0.05, 0) is 61.0 Å². The van der Waals surface area contributed by atoms with Gasteiger partial charge in [0.05, 0.1) is 30.8 Å². The highest BCUT2D eigenvalue weighted by Gasteiger charge is 2.39. The number of ketones is 1. The molecule has 1 aliphatic heterocycles. The van der Waals surface area contributed by atoms with Gasteiger partial charge in [0.2, 0.25) is 5.91 Å². The van der Waals surface area contributed by atoms with Crippen LogP contribution in [0, 0.1) is 6.92 Å². The number of methoxy groups -OCH3 is 1. The zero-order valence-corrected chi connectivity index (χ0v) is 20.0. The van der Waals surface area contributed by atoms with Gasteiger partial charge in [0.1, 0.15) is 5.75 Å². The van der Waals surface area contributed by atoms with Gasteiger partial charge in [-0.3, -0.25) is 14.4 Å². The van der Waals surface area contributed by atoms with E-state index in [1.54, 1.807) is 24.3 Å². The number of rotatable bonds is 9. The summed E-state index contributed by atoms with van der Waals surface area (Å²) in [6, 6.07) is 19.8. The minimum absolute atomic E-state index is 0.0575. The maximum atomic E-state index is 12.9. The molecule has 1 saturated heterocycles. The highest BCUT2D eigenvalue weighted by atomic mass is 16.5. The summed E-state index contributed by atoms with van der Waals surface area (Å²) in [4.78, 5) is 51.2. The number of hydrogen-bond donors (Lipinski definition) is 1. The lowest BCUT2D eigenvalue weighted by Crippen LogP contribution is -2.38. The number of aryl methyl sites for hydroxylation is 1. The second kappa shape index (κ2) is 11.0. The van der Waals surface area contributed by atoms with E-state index in [9.17, 15) is 19.2 Å². The molecule has 8 heteroatoms. The summed E-state index contributed by atoms with van der Waals surface area (Å²) in [5.74, 6) is -1.07. The fourth-order valence-electron chi connectivity index (χ4n) is 3.83. The second-order valence-electron chi connectivity index (χ2n) is 8.47. The van der Waals surface area contributed by atoms with E-state index in [2.05, 4.69) is 5.32 Å². The van der Waals surface area contributed by atoms with E-state index < -0.39 is 18.6 Å². The lowest BCUT2D eigenvalue weighted by Gasteiger charge is -2.16. The third-order valence-electron chi connectivity index (χ3n) is 5.93. The Morgan fingerprint density at radius 1 is 0.917 bits per heavy atom. The summed E-state index contributed by atoms with van der Waals surface area (Å²) >= 11 is 0. The van der Waals surface area contributed by atoms with Crippen LogP contribution in [0.1, 0.15) is 38.3 Å². The summed E-state index contributed by atoms with van der Waals surface area (Å²) in [7, 11) is 1.53. The third kappa shape index (κ3) is 5.67. The zero-order chi connectivity index (χ0) is 25.7. The molecule has 1 fully saturated rings. The first kappa shape index (κ1) is 24.8.